The lowest BCUT2D eigenvalue weighted by molar-refractivity contribution is -0.274. The first kappa shape index (κ1) is 12.9. The van der Waals surface area contributed by atoms with Crippen molar-refractivity contribution in [3.05, 3.63) is 29.8 Å². The predicted molar refractivity (Wildman–Crippen MR) is 51.5 cm³/mol. The number of para-hydroxylation sites is 1. The zero-order chi connectivity index (χ0) is 12.2. The minimum absolute atomic E-state index is 0.0674. The highest BCUT2D eigenvalue weighted by molar-refractivity contribution is 7.37. The summed E-state index contributed by atoms with van der Waals surface area (Å²) < 4.78 is 50.2. The minimum atomic E-state index is -4.75. The topological polar surface area (TPSA) is 46.5 Å². The molecule has 0 aliphatic rings. The maximum atomic E-state index is 12.0. The first-order chi connectivity index (χ1) is 7.38. The molecule has 0 heterocycles. The van der Waals surface area contributed by atoms with Crippen LogP contribution in [0.3, 0.4) is 0 Å². The molecule has 0 saturated heterocycles. The van der Waals surface area contributed by atoms with Crippen LogP contribution in [-0.2, 0) is 11.0 Å². The molecular weight excluding hydrogens is 244 g/mol. The molecule has 88 valence electrons. The third kappa shape index (κ3) is 4.59. The highest BCUT2D eigenvalue weighted by Crippen LogP contribution is 2.28. The van der Waals surface area contributed by atoms with Crippen LogP contribution in [0.15, 0.2) is 24.3 Å². The molecule has 1 aromatic rings. The van der Waals surface area contributed by atoms with E-state index in [0.717, 1.165) is 0 Å². The van der Waals surface area contributed by atoms with Crippen molar-refractivity contribution in [2.24, 2.45) is 0 Å². The van der Waals surface area contributed by atoms with Crippen molar-refractivity contribution in [2.45, 2.75) is 12.8 Å². The van der Waals surface area contributed by atoms with E-state index >= 15 is 0 Å². The fraction of sp³-hybridized carbons (Fsp3) is 0.333. The summed E-state index contributed by atoms with van der Waals surface area (Å²) in [5.41, 5.74) is 0.261. The highest BCUT2D eigenvalue weighted by Gasteiger charge is 2.32. The molecular formula is C9H9F3O3P+. The Morgan fingerprint density at radius 2 is 1.94 bits per heavy atom. The Morgan fingerprint density at radius 1 is 1.31 bits per heavy atom. The zero-order valence-electron chi connectivity index (χ0n) is 8.07. The number of benzene rings is 1. The van der Waals surface area contributed by atoms with E-state index in [1.807, 2.05) is 0 Å². The van der Waals surface area contributed by atoms with Crippen molar-refractivity contribution >= 4 is 8.03 Å². The van der Waals surface area contributed by atoms with Crippen molar-refractivity contribution in [2.75, 3.05) is 6.16 Å². The standard InChI is InChI=1S/C9H8F3O3P/c10-9(11,12)15-8-4-2-1-3-7(8)5-6-16(13)14/h1-4H,5-6H2/p+1. The highest BCUT2D eigenvalue weighted by atomic mass is 31.1. The molecule has 3 nitrogen and oxygen atoms in total. The molecule has 0 spiro atoms. The lowest BCUT2D eigenvalue weighted by Gasteiger charge is -2.11. The van der Waals surface area contributed by atoms with Gasteiger partial charge in [0.25, 0.3) is 0 Å². The van der Waals surface area contributed by atoms with E-state index in [4.69, 9.17) is 4.89 Å². The minimum Gasteiger partial charge on any atom is -0.406 e. The molecule has 1 aromatic carbocycles. The molecule has 1 atom stereocenters. The summed E-state index contributed by atoms with van der Waals surface area (Å²) in [5, 5.41) is 0. The van der Waals surface area contributed by atoms with Gasteiger partial charge < -0.3 is 4.74 Å². The van der Waals surface area contributed by atoms with Crippen molar-refractivity contribution in [3.8, 4) is 5.75 Å². The lowest BCUT2D eigenvalue weighted by Crippen LogP contribution is -2.18. The molecule has 0 radical (unpaired) electrons. The predicted octanol–water partition coefficient (Wildman–Crippen LogP) is 2.86. The molecule has 16 heavy (non-hydrogen) atoms. The molecule has 0 bridgehead atoms. The van der Waals surface area contributed by atoms with E-state index in [-0.39, 0.29) is 23.9 Å². The summed E-state index contributed by atoms with van der Waals surface area (Å²) in [6.07, 6.45) is -4.77. The Bertz CT molecular complexity index is 379. The van der Waals surface area contributed by atoms with E-state index in [1.165, 1.54) is 18.2 Å². The van der Waals surface area contributed by atoms with Gasteiger partial charge >= 0.3 is 14.4 Å². The Labute approximate surface area is 90.7 Å². The summed E-state index contributed by atoms with van der Waals surface area (Å²) >= 11 is 0. The second-order valence-electron chi connectivity index (χ2n) is 2.98. The van der Waals surface area contributed by atoms with Crippen LogP contribution < -0.4 is 4.74 Å². The van der Waals surface area contributed by atoms with Crippen molar-refractivity contribution in [1.29, 1.82) is 0 Å². The average molecular weight is 253 g/mol. The zero-order valence-corrected chi connectivity index (χ0v) is 8.96. The van der Waals surface area contributed by atoms with Crippen LogP contribution in [0.2, 0.25) is 0 Å². The van der Waals surface area contributed by atoms with Gasteiger partial charge in [-0.25, -0.2) is 0 Å². The first-order valence-corrected chi connectivity index (χ1v) is 5.75. The van der Waals surface area contributed by atoms with E-state index < -0.39 is 14.4 Å². The normalized spacial score (nSPS) is 12.4. The summed E-state index contributed by atoms with van der Waals surface area (Å²) in [5.74, 6) is -0.327. The molecule has 0 amide bonds. The number of ether oxygens (including phenoxy) is 1. The largest absolute Gasteiger partial charge is 0.573 e. The SMILES string of the molecule is O=[P+](O)CCc1ccccc1OC(F)(F)F. The number of hydrogen-bond acceptors (Lipinski definition) is 2. The molecule has 1 N–H and O–H groups in total. The van der Waals surface area contributed by atoms with Gasteiger partial charge in [0.2, 0.25) is 0 Å². The van der Waals surface area contributed by atoms with Crippen molar-refractivity contribution < 1.29 is 27.4 Å². The second kappa shape index (κ2) is 5.27. The smallest absolute Gasteiger partial charge is 0.406 e. The van der Waals surface area contributed by atoms with E-state index in [2.05, 4.69) is 4.74 Å². The summed E-state index contributed by atoms with van der Waals surface area (Å²) in [4.78, 5) is 8.58. The number of aryl methyl sites for hydroxylation is 1. The van der Waals surface area contributed by atoms with Gasteiger partial charge in [-0.15, -0.1) is 13.2 Å². The molecule has 1 unspecified atom stereocenters. The summed E-state index contributed by atoms with van der Waals surface area (Å²) in [6.45, 7) is 0. The maximum Gasteiger partial charge on any atom is 0.573 e. The van der Waals surface area contributed by atoms with Crippen LogP contribution in [0.5, 0.6) is 5.75 Å². The molecule has 0 aliphatic carbocycles. The van der Waals surface area contributed by atoms with Gasteiger partial charge in [-0.3, -0.25) is 0 Å². The van der Waals surface area contributed by atoms with E-state index in [1.54, 1.807) is 6.07 Å². The lowest BCUT2D eigenvalue weighted by atomic mass is 10.1. The molecule has 0 fully saturated rings. The van der Waals surface area contributed by atoms with Crippen LogP contribution >= 0.6 is 8.03 Å². The van der Waals surface area contributed by atoms with Gasteiger partial charge in [0, 0.05) is 6.42 Å². The van der Waals surface area contributed by atoms with Crippen LogP contribution in [0, 0.1) is 0 Å². The monoisotopic (exact) mass is 253 g/mol. The molecule has 7 heteroatoms. The molecule has 0 aromatic heterocycles. The third-order valence-corrected chi connectivity index (χ3v) is 2.38. The second-order valence-corrected chi connectivity index (χ2v) is 4.13. The Kier molecular flexibility index (Phi) is 4.26. The van der Waals surface area contributed by atoms with Crippen molar-refractivity contribution in [3.63, 3.8) is 0 Å². The van der Waals surface area contributed by atoms with E-state index in [0.29, 0.717) is 0 Å². The Hall–Kier alpha value is -1.13. The summed E-state index contributed by atoms with van der Waals surface area (Å²) in [6, 6.07) is 5.56. The average Bonchev–Trinajstić information content (AvgIpc) is 2.14. The van der Waals surface area contributed by atoms with Crippen molar-refractivity contribution in [1.82, 2.24) is 0 Å². The van der Waals surface area contributed by atoms with Gasteiger partial charge in [0.15, 0.2) is 6.16 Å². The van der Waals surface area contributed by atoms with Crippen LogP contribution in [0.25, 0.3) is 0 Å². The number of hydrogen-bond donors (Lipinski definition) is 1. The van der Waals surface area contributed by atoms with Crippen LogP contribution in [-0.4, -0.2) is 17.4 Å². The molecule has 0 aliphatic heterocycles. The quantitative estimate of drug-likeness (QED) is 0.839. The van der Waals surface area contributed by atoms with Crippen LogP contribution in [0.1, 0.15) is 5.56 Å². The van der Waals surface area contributed by atoms with Gasteiger partial charge in [0.05, 0.1) is 0 Å². The van der Waals surface area contributed by atoms with Gasteiger partial charge in [-0.05, 0) is 16.2 Å². The van der Waals surface area contributed by atoms with Gasteiger partial charge in [-0.2, -0.15) is 4.89 Å². The first-order valence-electron chi connectivity index (χ1n) is 4.35. The Balaban J connectivity index is 2.79. The Morgan fingerprint density at radius 3 is 2.50 bits per heavy atom. The summed E-state index contributed by atoms with van der Waals surface area (Å²) in [7, 11) is -2.36. The van der Waals surface area contributed by atoms with Gasteiger partial charge in [0.1, 0.15) is 5.75 Å². The maximum absolute atomic E-state index is 12.0. The fourth-order valence-electron chi connectivity index (χ4n) is 1.15. The molecule has 1 rings (SSSR count). The fourth-order valence-corrected chi connectivity index (χ4v) is 1.58. The van der Waals surface area contributed by atoms with Crippen LogP contribution in [0.4, 0.5) is 13.2 Å². The third-order valence-electron chi connectivity index (χ3n) is 1.77. The number of halogens is 3. The molecule has 0 saturated carbocycles. The number of alkyl halides is 3. The van der Waals surface area contributed by atoms with E-state index in [9.17, 15) is 17.7 Å². The number of rotatable bonds is 4. The van der Waals surface area contributed by atoms with Gasteiger partial charge in [-0.1, -0.05) is 18.2 Å².